The first-order chi connectivity index (χ1) is 12.0. The average molecular weight is 396 g/mol. The van der Waals surface area contributed by atoms with E-state index in [1.54, 1.807) is 36.7 Å². The number of hydrogen-bond donors (Lipinski definition) is 1. The summed E-state index contributed by atoms with van der Waals surface area (Å²) in [5.41, 5.74) is 3.41. The summed E-state index contributed by atoms with van der Waals surface area (Å²) in [6.45, 7) is 1.95. The van der Waals surface area contributed by atoms with Crippen molar-refractivity contribution in [3.8, 4) is 5.75 Å². The van der Waals surface area contributed by atoms with Crippen LogP contribution in [0.15, 0.2) is 52.3 Å². The van der Waals surface area contributed by atoms with Crippen LogP contribution in [0.3, 0.4) is 0 Å². The van der Waals surface area contributed by atoms with Gasteiger partial charge in [0.05, 0.1) is 16.9 Å². The van der Waals surface area contributed by atoms with Gasteiger partial charge in [-0.05, 0) is 30.7 Å². The van der Waals surface area contributed by atoms with E-state index in [0.717, 1.165) is 5.69 Å². The lowest BCUT2D eigenvalue weighted by Gasteiger charge is -2.13. The molecule has 0 aliphatic heterocycles. The third-order valence-corrected chi connectivity index (χ3v) is 5.65. The Morgan fingerprint density at radius 1 is 1.28 bits per heavy atom. The molecule has 1 aromatic carbocycles. The number of aromatic nitrogens is 2. The van der Waals surface area contributed by atoms with E-state index in [9.17, 15) is 8.42 Å². The van der Waals surface area contributed by atoms with Crippen LogP contribution >= 0.6 is 22.9 Å². The van der Waals surface area contributed by atoms with Crippen molar-refractivity contribution in [2.45, 2.75) is 18.4 Å². The van der Waals surface area contributed by atoms with Gasteiger partial charge < -0.3 is 4.74 Å². The Hall–Kier alpha value is -2.16. The molecule has 0 amide bonds. The van der Waals surface area contributed by atoms with Crippen LogP contribution in [0.5, 0.6) is 5.75 Å². The highest BCUT2D eigenvalue weighted by molar-refractivity contribution is 7.92. The molecule has 0 spiro atoms. The van der Waals surface area contributed by atoms with E-state index >= 15 is 0 Å². The zero-order valence-electron chi connectivity index (χ0n) is 13.1. The van der Waals surface area contributed by atoms with Gasteiger partial charge >= 0.3 is 0 Å². The first kappa shape index (κ1) is 17.7. The Morgan fingerprint density at radius 3 is 2.80 bits per heavy atom. The van der Waals surface area contributed by atoms with Crippen LogP contribution in [0.25, 0.3) is 0 Å². The number of aryl methyl sites for hydroxylation is 1. The molecule has 0 saturated carbocycles. The standard InChI is InChI=1S/C16H14ClN3O3S2/c1-11-6-13(7-18-16(11)17)25(21,22)20-14-4-2-3-5-15(14)23-8-12-9-24-10-19-12/h2-7,9-10,20H,8H2,1H3. The zero-order valence-corrected chi connectivity index (χ0v) is 15.5. The number of halogens is 1. The van der Waals surface area contributed by atoms with Gasteiger partial charge in [-0.2, -0.15) is 0 Å². The predicted molar refractivity (Wildman–Crippen MR) is 97.7 cm³/mol. The van der Waals surface area contributed by atoms with Crippen molar-refractivity contribution in [3.05, 3.63) is 63.8 Å². The van der Waals surface area contributed by atoms with Gasteiger partial charge in [0, 0.05) is 11.6 Å². The molecule has 6 nitrogen and oxygen atoms in total. The third-order valence-electron chi connectivity index (χ3n) is 3.29. The monoisotopic (exact) mass is 395 g/mol. The number of anilines is 1. The number of hydrogen-bond acceptors (Lipinski definition) is 6. The minimum Gasteiger partial charge on any atom is -0.485 e. The molecule has 0 bridgehead atoms. The Kier molecular flexibility index (Phi) is 5.22. The lowest BCUT2D eigenvalue weighted by Crippen LogP contribution is -2.14. The highest BCUT2D eigenvalue weighted by atomic mass is 35.5. The van der Waals surface area contributed by atoms with Gasteiger partial charge in [-0.1, -0.05) is 23.7 Å². The summed E-state index contributed by atoms with van der Waals surface area (Å²) in [4.78, 5) is 8.05. The number of rotatable bonds is 6. The van der Waals surface area contributed by atoms with E-state index in [1.165, 1.54) is 23.6 Å². The number of nitrogens with zero attached hydrogens (tertiary/aromatic N) is 2. The van der Waals surface area contributed by atoms with Gasteiger partial charge in [0.15, 0.2) is 0 Å². The lowest BCUT2D eigenvalue weighted by atomic mass is 10.3. The molecule has 0 aliphatic rings. The van der Waals surface area contributed by atoms with Crippen LogP contribution < -0.4 is 9.46 Å². The summed E-state index contributed by atoms with van der Waals surface area (Å²) in [6, 6.07) is 8.28. The van der Waals surface area contributed by atoms with Crippen molar-refractivity contribution in [1.82, 2.24) is 9.97 Å². The highest BCUT2D eigenvalue weighted by Gasteiger charge is 2.18. The lowest BCUT2D eigenvalue weighted by molar-refractivity contribution is 0.304. The average Bonchev–Trinajstić information content (AvgIpc) is 3.09. The van der Waals surface area contributed by atoms with Crippen LogP contribution in [-0.2, 0) is 16.6 Å². The maximum absolute atomic E-state index is 12.6. The van der Waals surface area contributed by atoms with Gasteiger partial charge in [0.2, 0.25) is 0 Å². The molecule has 0 saturated heterocycles. The van der Waals surface area contributed by atoms with Crippen molar-refractivity contribution in [3.63, 3.8) is 0 Å². The molecule has 2 aromatic heterocycles. The number of thiazole rings is 1. The quantitative estimate of drug-likeness (QED) is 0.640. The van der Waals surface area contributed by atoms with Crippen LogP contribution in [0.1, 0.15) is 11.3 Å². The normalized spacial score (nSPS) is 11.3. The fourth-order valence-corrected chi connectivity index (χ4v) is 3.77. The number of para-hydroxylation sites is 2. The second-order valence-corrected chi connectivity index (χ2v) is 7.91. The Balaban J connectivity index is 1.83. The fourth-order valence-electron chi connectivity index (χ4n) is 2.02. The molecule has 0 atom stereocenters. The largest absolute Gasteiger partial charge is 0.485 e. The molecule has 0 fully saturated rings. The van der Waals surface area contributed by atoms with Crippen LogP contribution in [0.4, 0.5) is 5.69 Å². The topological polar surface area (TPSA) is 81.2 Å². The number of nitrogens with one attached hydrogen (secondary N) is 1. The smallest absolute Gasteiger partial charge is 0.263 e. The molecule has 3 rings (SSSR count). The van der Waals surface area contributed by atoms with Crippen molar-refractivity contribution >= 4 is 38.6 Å². The molecule has 0 radical (unpaired) electrons. The summed E-state index contributed by atoms with van der Waals surface area (Å²) in [6.07, 6.45) is 1.22. The SMILES string of the molecule is Cc1cc(S(=O)(=O)Nc2ccccc2OCc2cscn2)cnc1Cl. The van der Waals surface area contributed by atoms with Crippen molar-refractivity contribution in [1.29, 1.82) is 0 Å². The summed E-state index contributed by atoms with van der Waals surface area (Å²) < 4.78 is 33.4. The molecular weight excluding hydrogens is 382 g/mol. The maximum atomic E-state index is 12.6. The fraction of sp³-hybridized carbons (Fsp3) is 0.125. The van der Waals surface area contributed by atoms with E-state index in [4.69, 9.17) is 16.3 Å². The molecule has 0 aliphatic carbocycles. The first-order valence-corrected chi connectivity index (χ1v) is 10.00. The molecule has 0 unspecified atom stereocenters. The van der Waals surface area contributed by atoms with Crippen LogP contribution in [-0.4, -0.2) is 18.4 Å². The van der Waals surface area contributed by atoms with Gasteiger partial charge in [-0.15, -0.1) is 11.3 Å². The number of ether oxygens (including phenoxy) is 1. The first-order valence-electron chi connectivity index (χ1n) is 7.19. The van der Waals surface area contributed by atoms with Crippen molar-refractivity contribution < 1.29 is 13.2 Å². The van der Waals surface area contributed by atoms with Crippen molar-refractivity contribution in [2.75, 3.05) is 4.72 Å². The summed E-state index contributed by atoms with van der Waals surface area (Å²) >= 11 is 7.32. The predicted octanol–water partition coefficient (Wildman–Crippen LogP) is 3.88. The molecule has 25 heavy (non-hydrogen) atoms. The van der Waals surface area contributed by atoms with Gasteiger partial charge in [-0.3, -0.25) is 4.72 Å². The van der Waals surface area contributed by atoms with E-state index in [2.05, 4.69) is 14.7 Å². The summed E-state index contributed by atoms with van der Waals surface area (Å²) in [5.74, 6) is 0.415. The molecule has 1 N–H and O–H groups in total. The van der Waals surface area contributed by atoms with Gasteiger partial charge in [-0.25, -0.2) is 18.4 Å². The van der Waals surface area contributed by atoms with E-state index in [-0.39, 0.29) is 16.7 Å². The second-order valence-electron chi connectivity index (χ2n) is 5.15. The summed E-state index contributed by atoms with van der Waals surface area (Å²) in [5, 5.41) is 2.14. The van der Waals surface area contributed by atoms with E-state index in [1.807, 2.05) is 5.38 Å². The van der Waals surface area contributed by atoms with Crippen molar-refractivity contribution in [2.24, 2.45) is 0 Å². The summed E-state index contributed by atoms with van der Waals surface area (Å²) in [7, 11) is -3.81. The molecule has 130 valence electrons. The van der Waals surface area contributed by atoms with Crippen LogP contribution in [0.2, 0.25) is 5.15 Å². The molecule has 3 aromatic rings. The molecule has 2 heterocycles. The van der Waals surface area contributed by atoms with E-state index < -0.39 is 10.0 Å². The number of benzene rings is 1. The second kappa shape index (κ2) is 7.38. The Morgan fingerprint density at radius 2 is 2.08 bits per heavy atom. The Bertz CT molecular complexity index is 976. The third kappa shape index (κ3) is 4.28. The number of sulfonamides is 1. The molecular formula is C16H14ClN3O3S2. The van der Waals surface area contributed by atoms with E-state index in [0.29, 0.717) is 17.0 Å². The maximum Gasteiger partial charge on any atom is 0.263 e. The zero-order chi connectivity index (χ0) is 17.9. The minimum atomic E-state index is -3.81. The number of pyridine rings is 1. The van der Waals surface area contributed by atoms with Gasteiger partial charge in [0.25, 0.3) is 10.0 Å². The highest BCUT2D eigenvalue weighted by Crippen LogP contribution is 2.28. The van der Waals surface area contributed by atoms with Crippen LogP contribution in [0, 0.1) is 6.92 Å². The molecule has 9 heteroatoms. The van der Waals surface area contributed by atoms with Gasteiger partial charge in [0.1, 0.15) is 22.4 Å². The Labute approximate surface area is 154 Å². The minimum absolute atomic E-state index is 0.0312.